The number of benzene rings is 2. The number of aliphatic hydroxyl groups is 1. The largest absolute Gasteiger partial charge is 0.395 e. The van der Waals surface area contributed by atoms with Gasteiger partial charge in [0, 0.05) is 29.8 Å². The quantitative estimate of drug-likeness (QED) is 0.661. The van der Waals surface area contributed by atoms with Crippen molar-refractivity contribution in [2.45, 2.75) is 36.0 Å². The van der Waals surface area contributed by atoms with Crippen LogP contribution in [0.25, 0.3) is 0 Å². The Morgan fingerprint density at radius 3 is 2.75 bits per heavy atom. The Bertz CT molecular complexity index is 769. The van der Waals surface area contributed by atoms with Crippen LogP contribution in [-0.2, 0) is 5.75 Å². The molecule has 0 bridgehead atoms. The van der Waals surface area contributed by atoms with Crippen molar-refractivity contribution in [1.29, 1.82) is 0 Å². The van der Waals surface area contributed by atoms with Crippen LogP contribution >= 0.6 is 11.8 Å². The number of carbonyl (C=O) groups is 1. The highest BCUT2D eigenvalue weighted by molar-refractivity contribution is 7.98. The number of amides is 1. The van der Waals surface area contributed by atoms with Gasteiger partial charge in [0.1, 0.15) is 5.82 Å². The lowest BCUT2D eigenvalue weighted by molar-refractivity contribution is 0.0848. The van der Waals surface area contributed by atoms with Gasteiger partial charge in [0.05, 0.1) is 12.2 Å². The average Bonchev–Trinajstić information content (AvgIpc) is 2.74. The number of piperidine rings is 1. The molecule has 1 heterocycles. The van der Waals surface area contributed by atoms with E-state index in [0.717, 1.165) is 42.8 Å². The minimum atomic E-state index is -0.245. The standard InChI is InChI=1S/C22H27FN2O2S/c23-18-10-8-17(9-11-18)16-28-21-7-2-1-6-20(21)22(27)24-12-14-25-13-4-3-5-19(25)15-26/h1-2,6-11,19,26H,3-5,12-16H2,(H,24,27). The van der Waals surface area contributed by atoms with Crippen molar-refractivity contribution >= 4 is 17.7 Å². The third-order valence-corrected chi connectivity index (χ3v) is 6.23. The molecule has 1 atom stereocenters. The second-order valence-electron chi connectivity index (χ2n) is 7.04. The number of likely N-dealkylation sites (tertiary alicyclic amines) is 1. The summed E-state index contributed by atoms with van der Waals surface area (Å²) in [6.07, 6.45) is 3.33. The first kappa shape index (κ1) is 20.8. The number of nitrogens with one attached hydrogen (secondary N) is 1. The maximum atomic E-state index is 13.0. The molecule has 4 nitrogen and oxygen atoms in total. The highest BCUT2D eigenvalue weighted by Crippen LogP contribution is 2.26. The Hall–Kier alpha value is -1.89. The molecule has 0 aromatic heterocycles. The number of aliphatic hydroxyl groups excluding tert-OH is 1. The number of carbonyl (C=O) groups excluding carboxylic acids is 1. The average molecular weight is 403 g/mol. The molecule has 2 aromatic carbocycles. The molecular weight excluding hydrogens is 375 g/mol. The molecule has 1 amide bonds. The Labute approximate surface area is 170 Å². The molecule has 0 spiro atoms. The Kier molecular flexibility index (Phi) is 7.89. The van der Waals surface area contributed by atoms with Gasteiger partial charge >= 0.3 is 0 Å². The summed E-state index contributed by atoms with van der Waals surface area (Å²) in [7, 11) is 0. The van der Waals surface area contributed by atoms with Gasteiger partial charge in [0.2, 0.25) is 0 Å². The summed E-state index contributed by atoms with van der Waals surface area (Å²) in [6.45, 7) is 2.47. The molecular formula is C22H27FN2O2S. The van der Waals surface area contributed by atoms with Crippen molar-refractivity contribution in [2.24, 2.45) is 0 Å². The van der Waals surface area contributed by atoms with Gasteiger partial charge in [-0.1, -0.05) is 30.7 Å². The lowest BCUT2D eigenvalue weighted by Crippen LogP contribution is -2.45. The number of halogens is 1. The normalized spacial score (nSPS) is 17.4. The van der Waals surface area contributed by atoms with E-state index < -0.39 is 0 Å². The maximum Gasteiger partial charge on any atom is 0.252 e. The second kappa shape index (κ2) is 10.6. The summed E-state index contributed by atoms with van der Waals surface area (Å²) in [5.74, 6) is 0.349. The Balaban J connectivity index is 1.54. The van der Waals surface area contributed by atoms with Crippen LogP contribution in [0.5, 0.6) is 0 Å². The van der Waals surface area contributed by atoms with Crippen LogP contribution in [-0.4, -0.2) is 48.2 Å². The van der Waals surface area contributed by atoms with E-state index in [2.05, 4.69) is 10.2 Å². The lowest BCUT2D eigenvalue weighted by atomic mass is 10.0. The molecule has 2 aromatic rings. The van der Waals surface area contributed by atoms with Crippen molar-refractivity contribution < 1.29 is 14.3 Å². The van der Waals surface area contributed by atoms with Gasteiger partial charge < -0.3 is 10.4 Å². The second-order valence-corrected chi connectivity index (χ2v) is 8.05. The Morgan fingerprint density at radius 1 is 1.18 bits per heavy atom. The van der Waals surface area contributed by atoms with E-state index in [9.17, 15) is 14.3 Å². The van der Waals surface area contributed by atoms with E-state index in [1.807, 2.05) is 24.3 Å². The first-order chi connectivity index (χ1) is 13.7. The predicted molar refractivity (Wildman–Crippen MR) is 111 cm³/mol. The van der Waals surface area contributed by atoms with E-state index >= 15 is 0 Å². The summed E-state index contributed by atoms with van der Waals surface area (Å²) in [4.78, 5) is 15.8. The summed E-state index contributed by atoms with van der Waals surface area (Å²) in [6, 6.07) is 14.2. The number of nitrogens with zero attached hydrogens (tertiary/aromatic N) is 1. The zero-order valence-corrected chi connectivity index (χ0v) is 16.8. The van der Waals surface area contributed by atoms with E-state index in [1.165, 1.54) is 12.1 Å². The van der Waals surface area contributed by atoms with Crippen LogP contribution in [0.3, 0.4) is 0 Å². The van der Waals surface area contributed by atoms with E-state index in [1.54, 1.807) is 23.9 Å². The zero-order chi connectivity index (χ0) is 19.8. The fraction of sp³-hybridized carbons (Fsp3) is 0.409. The molecule has 0 radical (unpaired) electrons. The lowest BCUT2D eigenvalue weighted by Gasteiger charge is -2.34. The fourth-order valence-electron chi connectivity index (χ4n) is 3.49. The number of rotatable bonds is 8. The molecule has 1 aliphatic heterocycles. The molecule has 0 saturated carbocycles. The van der Waals surface area contributed by atoms with Crippen molar-refractivity contribution in [3.8, 4) is 0 Å². The molecule has 1 saturated heterocycles. The summed E-state index contributed by atoms with van der Waals surface area (Å²) >= 11 is 1.57. The first-order valence-corrected chi connectivity index (χ1v) is 10.8. The molecule has 3 rings (SSSR count). The third-order valence-electron chi connectivity index (χ3n) is 5.08. The number of thioether (sulfide) groups is 1. The molecule has 2 N–H and O–H groups in total. The summed E-state index contributed by atoms with van der Waals surface area (Å²) < 4.78 is 13.0. The van der Waals surface area contributed by atoms with E-state index in [-0.39, 0.29) is 24.4 Å². The third kappa shape index (κ3) is 5.80. The molecule has 1 aliphatic rings. The molecule has 150 valence electrons. The Morgan fingerprint density at radius 2 is 1.96 bits per heavy atom. The minimum Gasteiger partial charge on any atom is -0.395 e. The molecule has 28 heavy (non-hydrogen) atoms. The minimum absolute atomic E-state index is 0.0836. The van der Waals surface area contributed by atoms with E-state index in [0.29, 0.717) is 17.9 Å². The van der Waals surface area contributed by atoms with Gasteiger partial charge in [0.25, 0.3) is 5.91 Å². The van der Waals surface area contributed by atoms with Gasteiger partial charge in [-0.05, 0) is 49.2 Å². The fourth-order valence-corrected chi connectivity index (χ4v) is 4.50. The molecule has 1 unspecified atom stereocenters. The first-order valence-electron chi connectivity index (χ1n) is 9.77. The predicted octanol–water partition coefficient (Wildman–Crippen LogP) is 3.69. The zero-order valence-electron chi connectivity index (χ0n) is 15.9. The van der Waals surface area contributed by atoms with Gasteiger partial charge in [-0.25, -0.2) is 4.39 Å². The van der Waals surface area contributed by atoms with Crippen LogP contribution in [0.15, 0.2) is 53.4 Å². The van der Waals surface area contributed by atoms with Crippen molar-refractivity contribution in [2.75, 3.05) is 26.2 Å². The monoisotopic (exact) mass is 402 g/mol. The van der Waals surface area contributed by atoms with Gasteiger partial charge in [-0.15, -0.1) is 11.8 Å². The van der Waals surface area contributed by atoms with Crippen LogP contribution in [0.4, 0.5) is 4.39 Å². The molecule has 0 aliphatic carbocycles. The summed E-state index contributed by atoms with van der Waals surface area (Å²) in [5.41, 5.74) is 1.67. The van der Waals surface area contributed by atoms with Crippen molar-refractivity contribution in [3.05, 3.63) is 65.5 Å². The maximum absolute atomic E-state index is 13.0. The number of hydrogen-bond acceptors (Lipinski definition) is 4. The number of hydrogen-bond donors (Lipinski definition) is 2. The SMILES string of the molecule is O=C(NCCN1CCCCC1CO)c1ccccc1SCc1ccc(F)cc1. The van der Waals surface area contributed by atoms with Crippen molar-refractivity contribution in [3.63, 3.8) is 0 Å². The summed E-state index contributed by atoms with van der Waals surface area (Å²) in [5, 5.41) is 12.5. The smallest absolute Gasteiger partial charge is 0.252 e. The van der Waals surface area contributed by atoms with Gasteiger partial charge in [0.15, 0.2) is 0 Å². The van der Waals surface area contributed by atoms with Crippen molar-refractivity contribution in [1.82, 2.24) is 10.2 Å². The van der Waals surface area contributed by atoms with Gasteiger partial charge in [-0.2, -0.15) is 0 Å². The molecule has 1 fully saturated rings. The van der Waals surface area contributed by atoms with Crippen LogP contribution < -0.4 is 5.32 Å². The highest BCUT2D eigenvalue weighted by atomic mass is 32.2. The molecule has 6 heteroatoms. The highest BCUT2D eigenvalue weighted by Gasteiger charge is 2.21. The van der Waals surface area contributed by atoms with E-state index in [4.69, 9.17) is 0 Å². The van der Waals surface area contributed by atoms with Crippen LogP contribution in [0.2, 0.25) is 0 Å². The van der Waals surface area contributed by atoms with Gasteiger partial charge in [-0.3, -0.25) is 9.69 Å². The van der Waals surface area contributed by atoms with Crippen LogP contribution in [0.1, 0.15) is 35.2 Å². The van der Waals surface area contributed by atoms with Crippen LogP contribution in [0, 0.1) is 5.82 Å². The topological polar surface area (TPSA) is 52.6 Å².